The summed E-state index contributed by atoms with van der Waals surface area (Å²) in [6, 6.07) is 10.8. The van der Waals surface area contributed by atoms with Gasteiger partial charge in [-0.15, -0.1) is 0 Å². The zero-order valence-corrected chi connectivity index (χ0v) is 22.0. The monoisotopic (exact) mass is 513 g/mol. The van der Waals surface area contributed by atoms with E-state index in [1.165, 1.54) is 5.01 Å². The summed E-state index contributed by atoms with van der Waals surface area (Å²) in [7, 11) is 0. The predicted molar refractivity (Wildman–Crippen MR) is 133 cm³/mol. The smallest absolute Gasteiger partial charge is 0.272 e. The number of hydrazine groups is 1. The molecule has 0 fully saturated rings. The summed E-state index contributed by atoms with van der Waals surface area (Å²) in [5.41, 5.74) is 6.06. The number of carbonyl (C=O) groups is 2. The highest BCUT2D eigenvalue weighted by Crippen LogP contribution is 2.32. The lowest BCUT2D eigenvalue weighted by atomic mass is 9.84. The minimum Gasteiger partial charge on any atom is -0.477 e. The lowest BCUT2D eigenvalue weighted by Gasteiger charge is -2.39. The second-order valence-corrected chi connectivity index (χ2v) is 10.1. The Morgan fingerprint density at radius 2 is 1.76 bits per heavy atom. The molecule has 7 heteroatoms. The van der Waals surface area contributed by atoms with Crippen LogP contribution < -0.4 is 10.2 Å². The molecule has 0 bridgehead atoms. The van der Waals surface area contributed by atoms with E-state index in [0.29, 0.717) is 33.3 Å². The van der Waals surface area contributed by atoms with Crippen LogP contribution in [0.4, 0.5) is 0 Å². The van der Waals surface area contributed by atoms with E-state index >= 15 is 0 Å². The molecule has 2 amide bonds. The van der Waals surface area contributed by atoms with E-state index in [1.807, 2.05) is 65.8 Å². The summed E-state index contributed by atoms with van der Waals surface area (Å²) in [5, 5.41) is 10.3. The SMILES string of the molecule is CC[C@@H](N(NC(=O)c1ccc(Br)c(OCC#N)c1C)C(=O)c1cc(C)cc(C)c1)C(C)(C)C. The van der Waals surface area contributed by atoms with Gasteiger partial charge in [0.1, 0.15) is 11.8 Å². The van der Waals surface area contributed by atoms with E-state index in [1.54, 1.807) is 19.1 Å². The molecular formula is C26H32BrN3O3. The third-order valence-corrected chi connectivity index (χ3v) is 6.12. The lowest BCUT2D eigenvalue weighted by Crippen LogP contribution is -2.56. The van der Waals surface area contributed by atoms with Crippen LogP contribution in [0.2, 0.25) is 0 Å². The van der Waals surface area contributed by atoms with Crippen LogP contribution in [0.3, 0.4) is 0 Å². The standard InChI is InChI=1S/C26H32BrN3O3/c1-8-22(26(5,6)7)30(25(32)19-14-16(2)13-17(3)15-19)29-24(31)20-9-10-21(27)23(18(20)4)33-12-11-28/h9-10,13-15,22H,8,12H2,1-7H3,(H,29,31)/t22-/m1/s1. The molecule has 2 aromatic rings. The highest BCUT2D eigenvalue weighted by atomic mass is 79.9. The Kier molecular flexibility index (Phi) is 8.68. The number of ether oxygens (including phenoxy) is 1. The maximum atomic E-state index is 13.7. The van der Waals surface area contributed by atoms with E-state index in [0.717, 1.165) is 11.1 Å². The average molecular weight is 514 g/mol. The Labute approximate surface area is 205 Å². The van der Waals surface area contributed by atoms with Crippen molar-refractivity contribution in [1.29, 1.82) is 5.26 Å². The zero-order chi connectivity index (χ0) is 24.9. The predicted octanol–water partition coefficient (Wildman–Crippen LogP) is 5.89. The number of aryl methyl sites for hydroxylation is 2. The van der Waals surface area contributed by atoms with Gasteiger partial charge in [0.05, 0.1) is 10.5 Å². The Bertz CT molecular complexity index is 1060. The second-order valence-electron chi connectivity index (χ2n) is 9.28. The number of carbonyl (C=O) groups excluding carboxylic acids is 2. The third-order valence-electron chi connectivity index (χ3n) is 5.49. The van der Waals surface area contributed by atoms with Gasteiger partial charge < -0.3 is 4.74 Å². The molecule has 0 heterocycles. The molecule has 0 aliphatic carbocycles. The number of halogens is 1. The van der Waals surface area contributed by atoms with Gasteiger partial charge in [0.15, 0.2) is 6.61 Å². The number of nitriles is 1. The number of nitrogens with zero attached hydrogens (tertiary/aromatic N) is 2. The molecule has 1 atom stereocenters. The first-order chi connectivity index (χ1) is 15.4. The van der Waals surface area contributed by atoms with Crippen molar-refractivity contribution in [2.24, 2.45) is 5.41 Å². The summed E-state index contributed by atoms with van der Waals surface area (Å²) in [6.45, 7) is 13.7. The number of hydrogen-bond acceptors (Lipinski definition) is 4. The molecule has 0 radical (unpaired) electrons. The molecule has 176 valence electrons. The first-order valence-corrected chi connectivity index (χ1v) is 11.7. The van der Waals surface area contributed by atoms with Crippen molar-refractivity contribution >= 4 is 27.7 Å². The number of hydrogen-bond donors (Lipinski definition) is 1. The van der Waals surface area contributed by atoms with Gasteiger partial charge in [-0.25, -0.2) is 5.01 Å². The van der Waals surface area contributed by atoms with Gasteiger partial charge in [-0.1, -0.05) is 44.9 Å². The third kappa shape index (κ3) is 6.35. The molecule has 2 rings (SSSR count). The number of nitrogens with one attached hydrogen (secondary N) is 1. The molecule has 2 aromatic carbocycles. The maximum absolute atomic E-state index is 13.7. The van der Waals surface area contributed by atoms with E-state index < -0.39 is 5.91 Å². The van der Waals surface area contributed by atoms with Crippen LogP contribution in [0, 0.1) is 37.5 Å². The van der Waals surface area contributed by atoms with Crippen molar-refractivity contribution in [3.05, 3.63) is 62.6 Å². The van der Waals surface area contributed by atoms with Crippen LogP contribution >= 0.6 is 15.9 Å². The van der Waals surface area contributed by atoms with Crippen LogP contribution in [-0.2, 0) is 0 Å². The zero-order valence-electron chi connectivity index (χ0n) is 20.4. The normalized spacial score (nSPS) is 12.0. The van der Waals surface area contributed by atoms with Gasteiger partial charge in [0.25, 0.3) is 11.8 Å². The fourth-order valence-corrected chi connectivity index (χ4v) is 4.59. The van der Waals surface area contributed by atoms with Crippen molar-refractivity contribution < 1.29 is 14.3 Å². The van der Waals surface area contributed by atoms with Crippen molar-refractivity contribution in [3.8, 4) is 11.8 Å². The molecule has 1 N–H and O–H groups in total. The Hall–Kier alpha value is -2.85. The summed E-state index contributed by atoms with van der Waals surface area (Å²) in [5.74, 6) is -0.242. The Balaban J connectivity index is 2.50. The second kappa shape index (κ2) is 10.8. The maximum Gasteiger partial charge on any atom is 0.272 e. The number of rotatable bonds is 6. The quantitative estimate of drug-likeness (QED) is 0.488. The summed E-state index contributed by atoms with van der Waals surface area (Å²) in [6.07, 6.45) is 0.663. The molecule has 33 heavy (non-hydrogen) atoms. The van der Waals surface area contributed by atoms with Gasteiger partial charge in [-0.3, -0.25) is 15.0 Å². The topological polar surface area (TPSA) is 82.4 Å². The van der Waals surface area contributed by atoms with Gasteiger partial charge in [-0.05, 0) is 72.8 Å². The summed E-state index contributed by atoms with van der Waals surface area (Å²) >= 11 is 3.41. The number of amides is 2. The highest BCUT2D eigenvalue weighted by Gasteiger charge is 2.34. The van der Waals surface area contributed by atoms with Crippen molar-refractivity contribution in [3.63, 3.8) is 0 Å². The lowest BCUT2D eigenvalue weighted by molar-refractivity contribution is 0.0284. The molecule has 0 saturated carbocycles. The van der Waals surface area contributed by atoms with Crippen LogP contribution in [0.15, 0.2) is 34.8 Å². The fraction of sp³-hybridized carbons (Fsp3) is 0.423. The van der Waals surface area contributed by atoms with Crippen molar-refractivity contribution in [2.45, 2.75) is 60.9 Å². The minimum absolute atomic E-state index is 0.135. The van der Waals surface area contributed by atoms with Gasteiger partial charge in [0, 0.05) is 16.7 Å². The molecule has 0 aliphatic heterocycles. The Morgan fingerprint density at radius 1 is 1.15 bits per heavy atom. The van der Waals surface area contributed by atoms with Gasteiger partial charge in [0.2, 0.25) is 0 Å². The summed E-state index contributed by atoms with van der Waals surface area (Å²) < 4.78 is 6.16. The van der Waals surface area contributed by atoms with Crippen LogP contribution in [-0.4, -0.2) is 29.5 Å². The first kappa shape index (κ1) is 26.4. The van der Waals surface area contributed by atoms with Gasteiger partial charge >= 0.3 is 0 Å². The molecule has 0 aliphatic rings. The molecular weight excluding hydrogens is 482 g/mol. The van der Waals surface area contributed by atoms with Crippen molar-refractivity contribution in [1.82, 2.24) is 10.4 Å². The van der Waals surface area contributed by atoms with Crippen molar-refractivity contribution in [2.75, 3.05) is 6.61 Å². The molecule has 0 unspecified atom stereocenters. The minimum atomic E-state index is -0.415. The first-order valence-electron chi connectivity index (χ1n) is 10.9. The number of benzene rings is 2. The van der Waals surface area contributed by atoms with E-state index in [9.17, 15) is 9.59 Å². The van der Waals surface area contributed by atoms with Crippen LogP contribution in [0.5, 0.6) is 5.75 Å². The molecule has 0 aromatic heterocycles. The van der Waals surface area contributed by atoms with Crippen LogP contribution in [0.1, 0.15) is 71.5 Å². The largest absolute Gasteiger partial charge is 0.477 e. The van der Waals surface area contributed by atoms with E-state index in [2.05, 4.69) is 21.4 Å². The fourth-order valence-electron chi connectivity index (χ4n) is 4.05. The van der Waals surface area contributed by atoms with E-state index in [-0.39, 0.29) is 24.0 Å². The molecule has 6 nitrogen and oxygen atoms in total. The van der Waals surface area contributed by atoms with Gasteiger partial charge in [-0.2, -0.15) is 5.26 Å². The average Bonchev–Trinajstić information content (AvgIpc) is 2.71. The molecule has 0 spiro atoms. The Morgan fingerprint density at radius 3 is 2.27 bits per heavy atom. The summed E-state index contributed by atoms with van der Waals surface area (Å²) in [4.78, 5) is 27.0. The molecule has 0 saturated heterocycles. The van der Waals surface area contributed by atoms with Crippen LogP contribution in [0.25, 0.3) is 0 Å². The highest BCUT2D eigenvalue weighted by molar-refractivity contribution is 9.10. The van der Waals surface area contributed by atoms with E-state index in [4.69, 9.17) is 10.00 Å².